The number of benzene rings is 2. The number of likely N-dealkylation sites (tertiary alicyclic amines) is 1. The summed E-state index contributed by atoms with van der Waals surface area (Å²) in [5.74, 6) is 0.626. The van der Waals surface area contributed by atoms with E-state index in [1.807, 2.05) is 50.2 Å². The average molecular weight is 547 g/mol. The number of fused-ring (bicyclic) bond motifs is 7. The van der Waals surface area contributed by atoms with E-state index < -0.39 is 10.0 Å². The second-order valence-corrected chi connectivity index (χ2v) is 14.1. The van der Waals surface area contributed by atoms with Gasteiger partial charge in [-0.1, -0.05) is 44.2 Å². The zero-order valence-corrected chi connectivity index (χ0v) is 24.1. The molecular formula is C31H38N4O3S. The van der Waals surface area contributed by atoms with Crippen LogP contribution in [-0.4, -0.2) is 48.5 Å². The second-order valence-electron chi connectivity index (χ2n) is 12.4. The van der Waals surface area contributed by atoms with Gasteiger partial charge in [0.1, 0.15) is 6.10 Å². The molecule has 6 bridgehead atoms. The Balaban J connectivity index is 1.45. The summed E-state index contributed by atoms with van der Waals surface area (Å²) in [5, 5.41) is 0. The molecule has 2 fully saturated rings. The van der Waals surface area contributed by atoms with E-state index in [-0.39, 0.29) is 22.9 Å². The third-order valence-electron chi connectivity index (χ3n) is 8.80. The van der Waals surface area contributed by atoms with Gasteiger partial charge in [-0.2, -0.15) is 4.98 Å². The van der Waals surface area contributed by atoms with Gasteiger partial charge >= 0.3 is 0 Å². The third-order valence-corrected chi connectivity index (χ3v) is 10.1. The highest BCUT2D eigenvalue weighted by Crippen LogP contribution is 2.41. The van der Waals surface area contributed by atoms with Crippen molar-refractivity contribution in [1.29, 1.82) is 0 Å². The van der Waals surface area contributed by atoms with Gasteiger partial charge < -0.3 is 4.74 Å². The van der Waals surface area contributed by atoms with Crippen LogP contribution in [0.15, 0.2) is 53.4 Å². The molecule has 2 unspecified atom stereocenters. The fourth-order valence-corrected chi connectivity index (χ4v) is 7.78. The predicted octanol–water partition coefficient (Wildman–Crippen LogP) is 6.08. The molecule has 2 aromatic carbocycles. The maximum Gasteiger partial charge on any atom is 0.264 e. The minimum Gasteiger partial charge on any atom is -0.473 e. The lowest BCUT2D eigenvalue weighted by Crippen LogP contribution is -2.40. The molecule has 3 atom stereocenters. The zero-order valence-electron chi connectivity index (χ0n) is 23.3. The number of anilines is 1. The van der Waals surface area contributed by atoms with Gasteiger partial charge in [0.15, 0.2) is 0 Å². The number of aromatic nitrogens is 2. The Morgan fingerprint density at radius 1 is 1.03 bits per heavy atom. The van der Waals surface area contributed by atoms with Crippen LogP contribution in [0.1, 0.15) is 68.6 Å². The van der Waals surface area contributed by atoms with E-state index in [9.17, 15) is 8.42 Å². The fraction of sp³-hybridized carbons (Fsp3) is 0.484. The van der Waals surface area contributed by atoms with Crippen LogP contribution in [0.4, 0.5) is 5.95 Å². The molecule has 39 heavy (non-hydrogen) atoms. The van der Waals surface area contributed by atoms with Crippen LogP contribution < -0.4 is 9.46 Å². The molecule has 0 spiro atoms. The Hall–Kier alpha value is -2.97. The van der Waals surface area contributed by atoms with Gasteiger partial charge in [-0.05, 0) is 92.7 Å². The van der Waals surface area contributed by atoms with E-state index in [4.69, 9.17) is 4.74 Å². The quantitative estimate of drug-likeness (QED) is 0.419. The minimum absolute atomic E-state index is 0.0238. The van der Waals surface area contributed by atoms with Gasteiger partial charge in [0.05, 0.1) is 10.6 Å². The highest BCUT2D eigenvalue weighted by atomic mass is 32.2. The average Bonchev–Trinajstić information content (AvgIpc) is 3.10. The number of sulfonamides is 1. The summed E-state index contributed by atoms with van der Waals surface area (Å²) < 4.78 is 36.2. The molecule has 1 saturated heterocycles. The van der Waals surface area contributed by atoms with Crippen molar-refractivity contribution in [1.82, 2.24) is 14.9 Å². The third kappa shape index (κ3) is 5.41. The van der Waals surface area contributed by atoms with Gasteiger partial charge in [-0.25, -0.2) is 18.1 Å². The van der Waals surface area contributed by atoms with Crippen molar-refractivity contribution in [2.75, 3.05) is 17.8 Å². The molecule has 0 radical (unpaired) electrons. The van der Waals surface area contributed by atoms with Crippen LogP contribution in [0, 0.1) is 19.3 Å². The first kappa shape index (κ1) is 26.3. The molecule has 0 amide bonds. The van der Waals surface area contributed by atoms with Crippen molar-refractivity contribution in [3.63, 3.8) is 0 Å². The summed E-state index contributed by atoms with van der Waals surface area (Å²) in [6.45, 7) is 10.6. The van der Waals surface area contributed by atoms with E-state index in [1.54, 1.807) is 6.07 Å². The zero-order chi connectivity index (χ0) is 27.4. The molecule has 1 aromatic heterocycles. The number of nitrogens with zero attached hydrogens (tertiary/aromatic N) is 3. The first-order valence-electron chi connectivity index (χ1n) is 14.1. The molecule has 7 nitrogen and oxygen atoms in total. The lowest BCUT2D eigenvalue weighted by Gasteiger charge is -2.31. The van der Waals surface area contributed by atoms with E-state index in [1.165, 1.54) is 19.3 Å². The van der Waals surface area contributed by atoms with Crippen molar-refractivity contribution >= 4 is 16.0 Å². The van der Waals surface area contributed by atoms with E-state index in [0.717, 1.165) is 48.2 Å². The van der Waals surface area contributed by atoms with Crippen LogP contribution in [0.5, 0.6) is 5.88 Å². The summed E-state index contributed by atoms with van der Waals surface area (Å²) in [5.41, 5.74) is 5.15. The predicted molar refractivity (Wildman–Crippen MR) is 154 cm³/mol. The summed E-state index contributed by atoms with van der Waals surface area (Å²) in [6.07, 6.45) is 5.34. The maximum atomic E-state index is 13.5. The second kappa shape index (κ2) is 9.89. The molecule has 206 valence electrons. The number of nitrogens with one attached hydrogen (secondary N) is 1. The number of hydrogen-bond acceptors (Lipinski definition) is 6. The molecule has 3 aromatic rings. The SMILES string of the molecule is Cc1cccc(C)c1-c1cc2nc(n1)NS(=O)(=O)c1cccc(c1)C1CCN(C3CCC(C)(C)C3)C[C@H](C1)O2. The van der Waals surface area contributed by atoms with E-state index in [0.29, 0.717) is 23.0 Å². The number of aryl methyl sites for hydroxylation is 2. The molecule has 6 rings (SSSR count). The van der Waals surface area contributed by atoms with Crippen LogP contribution in [-0.2, 0) is 10.0 Å². The van der Waals surface area contributed by atoms with Crippen LogP contribution in [0.3, 0.4) is 0 Å². The lowest BCUT2D eigenvalue weighted by atomic mass is 9.91. The van der Waals surface area contributed by atoms with Gasteiger partial charge in [-0.3, -0.25) is 4.90 Å². The Bertz CT molecular complexity index is 1480. The Morgan fingerprint density at radius 2 is 1.79 bits per heavy atom. The Morgan fingerprint density at radius 3 is 2.54 bits per heavy atom. The standard InChI is InChI=1S/C31H38N4O3S/c1-20-7-5-8-21(2)29(20)27-17-28-33-30(32-27)34-39(36,37)26-10-6-9-22(16-26)23-12-14-35(19-25(15-23)38-28)24-11-13-31(3,4)18-24/h5-10,16-17,23-25H,11-15,18-19H2,1-4H3,(H,32,33,34)/t23?,24?,25-/m0/s1. The van der Waals surface area contributed by atoms with Crippen LogP contribution >= 0.6 is 0 Å². The van der Waals surface area contributed by atoms with Crippen LogP contribution in [0.25, 0.3) is 11.3 Å². The topological polar surface area (TPSA) is 84.4 Å². The Labute approximate surface area is 232 Å². The van der Waals surface area contributed by atoms with Crippen molar-refractivity contribution < 1.29 is 13.2 Å². The summed E-state index contributed by atoms with van der Waals surface area (Å²) in [4.78, 5) is 12.1. The van der Waals surface area contributed by atoms with Crippen molar-refractivity contribution in [2.45, 2.75) is 82.8 Å². The lowest BCUT2D eigenvalue weighted by molar-refractivity contribution is 0.107. The van der Waals surface area contributed by atoms with Crippen molar-refractivity contribution in [3.05, 3.63) is 65.2 Å². The Kier molecular flexibility index (Phi) is 6.66. The highest BCUT2D eigenvalue weighted by molar-refractivity contribution is 7.92. The van der Waals surface area contributed by atoms with Crippen LogP contribution in [0.2, 0.25) is 0 Å². The fourth-order valence-electron chi connectivity index (χ4n) is 6.78. The van der Waals surface area contributed by atoms with E-state index >= 15 is 0 Å². The summed E-state index contributed by atoms with van der Waals surface area (Å²) in [6, 6.07) is 15.8. The molecular weight excluding hydrogens is 508 g/mol. The monoisotopic (exact) mass is 546 g/mol. The first-order chi connectivity index (χ1) is 18.6. The molecule has 1 saturated carbocycles. The van der Waals surface area contributed by atoms with Gasteiger partial charge in [-0.15, -0.1) is 0 Å². The highest BCUT2D eigenvalue weighted by Gasteiger charge is 2.38. The van der Waals surface area contributed by atoms with Crippen molar-refractivity contribution in [2.24, 2.45) is 5.41 Å². The normalized spacial score (nSPS) is 25.9. The molecule has 1 aliphatic carbocycles. The van der Waals surface area contributed by atoms with E-state index in [2.05, 4.69) is 39.5 Å². The molecule has 3 aliphatic rings. The van der Waals surface area contributed by atoms with Gasteiger partial charge in [0, 0.05) is 24.2 Å². The number of hydrogen-bond donors (Lipinski definition) is 1. The van der Waals surface area contributed by atoms with Gasteiger partial charge in [0.2, 0.25) is 11.8 Å². The largest absolute Gasteiger partial charge is 0.473 e. The maximum absolute atomic E-state index is 13.5. The first-order valence-corrected chi connectivity index (χ1v) is 15.5. The number of rotatable bonds is 2. The molecule has 8 heteroatoms. The summed E-state index contributed by atoms with van der Waals surface area (Å²) >= 11 is 0. The van der Waals surface area contributed by atoms with Gasteiger partial charge in [0.25, 0.3) is 10.0 Å². The van der Waals surface area contributed by atoms with Crippen molar-refractivity contribution in [3.8, 4) is 17.1 Å². The smallest absolute Gasteiger partial charge is 0.264 e. The number of ether oxygens (including phenoxy) is 1. The molecule has 2 aliphatic heterocycles. The molecule has 1 N–H and O–H groups in total. The summed E-state index contributed by atoms with van der Waals surface area (Å²) in [7, 11) is -3.88. The minimum atomic E-state index is -3.88. The molecule has 3 heterocycles.